The minimum Gasteiger partial charge on any atom is -0.480 e. The highest BCUT2D eigenvalue weighted by Crippen LogP contribution is 2.23. The molecule has 0 spiro atoms. The number of carboxylic acids is 1. The Morgan fingerprint density at radius 2 is 2.38 bits per heavy atom. The lowest BCUT2D eigenvalue weighted by Gasteiger charge is -2.38. The second kappa shape index (κ2) is 4.07. The molecule has 1 aliphatic rings. The maximum absolute atomic E-state index is 10.5. The van der Waals surface area contributed by atoms with E-state index < -0.39 is 5.97 Å². The maximum Gasteiger partial charge on any atom is 0.317 e. The van der Waals surface area contributed by atoms with Gasteiger partial charge in [-0.15, -0.1) is 0 Å². The van der Waals surface area contributed by atoms with Gasteiger partial charge >= 0.3 is 5.97 Å². The van der Waals surface area contributed by atoms with Gasteiger partial charge in [-0.05, 0) is 26.3 Å². The molecule has 0 bridgehead atoms. The van der Waals surface area contributed by atoms with Crippen LogP contribution in [0.25, 0.3) is 0 Å². The first-order valence-electron chi connectivity index (χ1n) is 4.55. The molecule has 0 aromatic rings. The standard InChI is InChI=1S/C9H17NO3/c1-9(13-2)4-3-5-10(7-9)6-8(11)12/h3-7H2,1-2H3,(H,11,12). The number of likely N-dealkylation sites (tertiary alicyclic amines) is 1. The van der Waals surface area contributed by atoms with Crippen LogP contribution in [0.5, 0.6) is 0 Å². The number of aliphatic carboxylic acids is 1. The Kier molecular flexibility index (Phi) is 3.27. The van der Waals surface area contributed by atoms with Gasteiger partial charge in [-0.1, -0.05) is 0 Å². The summed E-state index contributed by atoms with van der Waals surface area (Å²) in [4.78, 5) is 12.4. The minimum absolute atomic E-state index is 0.124. The van der Waals surface area contributed by atoms with E-state index in [1.54, 1.807) is 7.11 Å². The molecule has 0 saturated carbocycles. The number of carbonyl (C=O) groups is 1. The molecule has 1 N–H and O–H groups in total. The molecule has 1 unspecified atom stereocenters. The van der Waals surface area contributed by atoms with Crippen molar-refractivity contribution in [2.45, 2.75) is 25.4 Å². The lowest BCUT2D eigenvalue weighted by Crippen LogP contribution is -2.48. The van der Waals surface area contributed by atoms with E-state index >= 15 is 0 Å². The van der Waals surface area contributed by atoms with E-state index in [9.17, 15) is 4.79 Å². The summed E-state index contributed by atoms with van der Waals surface area (Å²) >= 11 is 0. The van der Waals surface area contributed by atoms with Gasteiger partial charge in [0.05, 0.1) is 12.1 Å². The minimum atomic E-state index is -0.764. The highest BCUT2D eigenvalue weighted by Gasteiger charge is 2.31. The van der Waals surface area contributed by atoms with E-state index in [-0.39, 0.29) is 12.1 Å². The number of methoxy groups -OCH3 is 1. The molecule has 76 valence electrons. The van der Waals surface area contributed by atoms with Gasteiger partial charge < -0.3 is 9.84 Å². The zero-order chi connectivity index (χ0) is 9.90. The molecule has 13 heavy (non-hydrogen) atoms. The van der Waals surface area contributed by atoms with Crippen LogP contribution in [0.3, 0.4) is 0 Å². The van der Waals surface area contributed by atoms with Crippen molar-refractivity contribution in [2.24, 2.45) is 0 Å². The van der Waals surface area contributed by atoms with Crippen LogP contribution in [0.4, 0.5) is 0 Å². The SMILES string of the molecule is COC1(C)CCCN(CC(=O)O)C1. The molecule has 0 aromatic heterocycles. The fourth-order valence-corrected chi connectivity index (χ4v) is 1.80. The highest BCUT2D eigenvalue weighted by atomic mass is 16.5. The Bertz CT molecular complexity index is 195. The quantitative estimate of drug-likeness (QED) is 0.702. The van der Waals surface area contributed by atoms with Crippen LogP contribution in [0.2, 0.25) is 0 Å². The number of ether oxygens (including phenoxy) is 1. The van der Waals surface area contributed by atoms with Gasteiger partial charge in [-0.25, -0.2) is 0 Å². The molecule has 1 atom stereocenters. The Balaban J connectivity index is 2.46. The third-order valence-corrected chi connectivity index (χ3v) is 2.59. The number of nitrogens with zero attached hydrogens (tertiary/aromatic N) is 1. The summed E-state index contributed by atoms with van der Waals surface area (Å²) in [6, 6.07) is 0. The van der Waals surface area contributed by atoms with Crippen LogP contribution < -0.4 is 0 Å². The van der Waals surface area contributed by atoms with E-state index in [1.165, 1.54) is 0 Å². The summed E-state index contributed by atoms with van der Waals surface area (Å²) in [5, 5.41) is 8.63. The number of hydrogen-bond acceptors (Lipinski definition) is 3. The summed E-state index contributed by atoms with van der Waals surface area (Å²) in [5.74, 6) is -0.764. The molecule has 4 nitrogen and oxygen atoms in total. The Hall–Kier alpha value is -0.610. The molecule has 4 heteroatoms. The lowest BCUT2D eigenvalue weighted by atomic mass is 9.95. The number of hydrogen-bond donors (Lipinski definition) is 1. The van der Waals surface area contributed by atoms with Gasteiger partial charge in [0, 0.05) is 13.7 Å². The van der Waals surface area contributed by atoms with Gasteiger partial charge in [0.25, 0.3) is 0 Å². The topological polar surface area (TPSA) is 49.8 Å². The van der Waals surface area contributed by atoms with E-state index in [0.29, 0.717) is 0 Å². The summed E-state index contributed by atoms with van der Waals surface area (Å²) in [6.07, 6.45) is 2.03. The van der Waals surface area contributed by atoms with Crippen molar-refractivity contribution in [1.82, 2.24) is 4.90 Å². The molecule has 0 radical (unpaired) electrons. The molecule has 0 amide bonds. The lowest BCUT2D eigenvalue weighted by molar-refractivity contribution is -0.140. The van der Waals surface area contributed by atoms with Gasteiger partial charge in [0.15, 0.2) is 0 Å². The average Bonchev–Trinajstić information content (AvgIpc) is 2.03. The molecule has 1 fully saturated rings. The molecule has 1 aliphatic heterocycles. The monoisotopic (exact) mass is 187 g/mol. The summed E-state index contributed by atoms with van der Waals surface area (Å²) in [5.41, 5.74) is -0.159. The predicted octanol–water partition coefficient (Wildman–Crippen LogP) is 0.572. The van der Waals surface area contributed by atoms with Crippen molar-refractivity contribution in [1.29, 1.82) is 0 Å². The van der Waals surface area contributed by atoms with Crippen molar-refractivity contribution < 1.29 is 14.6 Å². The van der Waals surface area contributed by atoms with Crippen LogP contribution in [-0.4, -0.2) is 48.3 Å². The smallest absolute Gasteiger partial charge is 0.317 e. The van der Waals surface area contributed by atoms with Crippen molar-refractivity contribution in [3.8, 4) is 0 Å². The first-order valence-corrected chi connectivity index (χ1v) is 4.55. The molecule has 0 aliphatic carbocycles. The van der Waals surface area contributed by atoms with Crippen LogP contribution >= 0.6 is 0 Å². The first-order chi connectivity index (χ1) is 6.06. The largest absolute Gasteiger partial charge is 0.480 e. The van der Waals surface area contributed by atoms with Crippen molar-refractivity contribution in [2.75, 3.05) is 26.7 Å². The Labute approximate surface area is 78.5 Å². The molecular formula is C9H17NO3. The zero-order valence-electron chi connectivity index (χ0n) is 8.25. The third kappa shape index (κ3) is 2.97. The molecule has 1 saturated heterocycles. The summed E-state index contributed by atoms with van der Waals surface area (Å²) in [7, 11) is 1.68. The molecule has 1 heterocycles. The Morgan fingerprint density at radius 1 is 1.69 bits per heavy atom. The van der Waals surface area contributed by atoms with Crippen LogP contribution in [0, 0.1) is 0 Å². The van der Waals surface area contributed by atoms with Gasteiger partial charge in [-0.3, -0.25) is 9.69 Å². The van der Waals surface area contributed by atoms with E-state index in [1.807, 2.05) is 11.8 Å². The van der Waals surface area contributed by atoms with E-state index in [4.69, 9.17) is 9.84 Å². The predicted molar refractivity (Wildman–Crippen MR) is 48.7 cm³/mol. The van der Waals surface area contributed by atoms with Crippen LogP contribution in [0.1, 0.15) is 19.8 Å². The fourth-order valence-electron chi connectivity index (χ4n) is 1.80. The van der Waals surface area contributed by atoms with Gasteiger partial charge in [0.2, 0.25) is 0 Å². The normalized spacial score (nSPS) is 30.3. The first kappa shape index (κ1) is 10.5. The molecule has 0 aromatic carbocycles. The number of piperidine rings is 1. The van der Waals surface area contributed by atoms with Crippen LogP contribution in [0.15, 0.2) is 0 Å². The van der Waals surface area contributed by atoms with Crippen molar-refractivity contribution in [3.63, 3.8) is 0 Å². The van der Waals surface area contributed by atoms with Crippen molar-refractivity contribution >= 4 is 5.97 Å². The van der Waals surface area contributed by atoms with Gasteiger partial charge in [-0.2, -0.15) is 0 Å². The number of carboxylic acid groups (broad SMARTS) is 1. The second-order valence-corrected chi connectivity index (χ2v) is 3.86. The zero-order valence-corrected chi connectivity index (χ0v) is 8.25. The average molecular weight is 187 g/mol. The maximum atomic E-state index is 10.5. The third-order valence-electron chi connectivity index (χ3n) is 2.59. The second-order valence-electron chi connectivity index (χ2n) is 3.86. The van der Waals surface area contributed by atoms with Crippen molar-refractivity contribution in [3.05, 3.63) is 0 Å². The highest BCUT2D eigenvalue weighted by molar-refractivity contribution is 5.69. The van der Waals surface area contributed by atoms with E-state index in [2.05, 4.69) is 0 Å². The van der Waals surface area contributed by atoms with E-state index in [0.717, 1.165) is 25.9 Å². The summed E-state index contributed by atoms with van der Waals surface area (Å²) in [6.45, 7) is 3.74. The van der Waals surface area contributed by atoms with Gasteiger partial charge in [0.1, 0.15) is 0 Å². The Morgan fingerprint density at radius 3 is 2.92 bits per heavy atom. The molecular weight excluding hydrogens is 170 g/mol. The number of rotatable bonds is 3. The van der Waals surface area contributed by atoms with Crippen LogP contribution in [-0.2, 0) is 9.53 Å². The summed E-state index contributed by atoms with van der Waals surface area (Å²) < 4.78 is 5.36. The molecule has 1 rings (SSSR count). The fraction of sp³-hybridized carbons (Fsp3) is 0.889.